The molecular weight excluding hydrogens is 188 g/mol. The number of hydrogen-bond donors (Lipinski definition) is 0. The Bertz CT molecular complexity index is 231. The maximum atomic E-state index is 11.9. The Morgan fingerprint density at radius 3 is 2.13 bits per heavy atom. The number of Topliss-reactive ketones (excluding diaryl/α,β-unsaturated/α-hetero) is 1. The second-order valence-corrected chi connectivity index (χ2v) is 3.79. The van der Waals surface area contributed by atoms with Crippen molar-refractivity contribution in [3.63, 3.8) is 0 Å². The molecule has 84 valence electrons. The third kappa shape index (κ3) is 3.82. The van der Waals surface area contributed by atoms with E-state index in [0.29, 0.717) is 19.3 Å². The number of carbonyl (C=O) groups is 2. The molecule has 0 amide bonds. The molecule has 0 aromatic rings. The van der Waals surface area contributed by atoms with Gasteiger partial charge in [-0.05, 0) is 19.3 Å². The molecule has 15 heavy (non-hydrogen) atoms. The Morgan fingerprint density at radius 1 is 1.27 bits per heavy atom. The lowest BCUT2D eigenvalue weighted by molar-refractivity contribution is -0.134. The number of rotatable bonds is 9. The van der Waals surface area contributed by atoms with Crippen molar-refractivity contribution in [3.8, 4) is 0 Å². The molecule has 2 heteroatoms. The maximum Gasteiger partial charge on any atom is 0.146 e. The van der Waals surface area contributed by atoms with Gasteiger partial charge in [0.25, 0.3) is 0 Å². The van der Waals surface area contributed by atoms with E-state index in [1.165, 1.54) is 0 Å². The Labute approximate surface area is 92.1 Å². The molecular formula is C13H20O2. The fourth-order valence-electron chi connectivity index (χ4n) is 1.57. The second kappa shape index (κ2) is 7.16. The summed E-state index contributed by atoms with van der Waals surface area (Å²) in [6.07, 6.45) is 7.09. The first-order valence-electron chi connectivity index (χ1n) is 5.38. The van der Waals surface area contributed by atoms with Gasteiger partial charge < -0.3 is 4.79 Å². The molecule has 0 saturated carbocycles. The monoisotopic (exact) mass is 208 g/mol. The van der Waals surface area contributed by atoms with Crippen LogP contribution in [0.3, 0.4) is 0 Å². The van der Waals surface area contributed by atoms with Gasteiger partial charge in [-0.15, -0.1) is 13.2 Å². The van der Waals surface area contributed by atoms with E-state index in [9.17, 15) is 9.59 Å². The van der Waals surface area contributed by atoms with Crippen molar-refractivity contribution in [1.82, 2.24) is 0 Å². The van der Waals surface area contributed by atoms with Gasteiger partial charge in [-0.25, -0.2) is 0 Å². The van der Waals surface area contributed by atoms with Crippen LogP contribution in [0.2, 0.25) is 0 Å². The number of carbonyl (C=O) groups excluding carboxylic acids is 2. The first-order chi connectivity index (χ1) is 7.16. The van der Waals surface area contributed by atoms with E-state index in [-0.39, 0.29) is 5.78 Å². The highest BCUT2D eigenvalue weighted by atomic mass is 16.1. The van der Waals surface area contributed by atoms with E-state index in [1.54, 1.807) is 12.2 Å². The summed E-state index contributed by atoms with van der Waals surface area (Å²) in [5.41, 5.74) is -0.904. The van der Waals surface area contributed by atoms with Gasteiger partial charge in [0.1, 0.15) is 12.1 Å². The smallest absolute Gasteiger partial charge is 0.146 e. The topological polar surface area (TPSA) is 34.1 Å². The SMILES string of the molecule is C=CCC(C=O)(CC=C)C(=O)CCCC. The van der Waals surface area contributed by atoms with E-state index < -0.39 is 5.41 Å². The number of ketones is 1. The highest BCUT2D eigenvalue weighted by molar-refractivity contribution is 5.98. The van der Waals surface area contributed by atoms with E-state index in [2.05, 4.69) is 13.2 Å². The number of unbranched alkanes of at least 4 members (excludes halogenated alkanes) is 1. The van der Waals surface area contributed by atoms with Crippen molar-refractivity contribution in [2.24, 2.45) is 5.41 Å². The van der Waals surface area contributed by atoms with Crippen LogP contribution in [-0.4, -0.2) is 12.1 Å². The number of allylic oxidation sites excluding steroid dienone is 2. The van der Waals surface area contributed by atoms with Crippen molar-refractivity contribution in [2.75, 3.05) is 0 Å². The van der Waals surface area contributed by atoms with Crippen molar-refractivity contribution in [1.29, 1.82) is 0 Å². The summed E-state index contributed by atoms with van der Waals surface area (Å²) >= 11 is 0. The maximum absolute atomic E-state index is 11.9. The van der Waals surface area contributed by atoms with Gasteiger partial charge in [0, 0.05) is 6.42 Å². The van der Waals surface area contributed by atoms with E-state index in [4.69, 9.17) is 0 Å². The van der Waals surface area contributed by atoms with Gasteiger partial charge >= 0.3 is 0 Å². The van der Waals surface area contributed by atoms with E-state index in [1.807, 2.05) is 6.92 Å². The molecule has 0 fully saturated rings. The van der Waals surface area contributed by atoms with Crippen molar-refractivity contribution in [2.45, 2.75) is 39.0 Å². The predicted octanol–water partition coefficient (Wildman–Crippen LogP) is 3.08. The van der Waals surface area contributed by atoms with Crippen LogP contribution in [0.25, 0.3) is 0 Å². The van der Waals surface area contributed by atoms with Crippen LogP contribution in [0.4, 0.5) is 0 Å². The molecule has 0 unspecified atom stereocenters. The van der Waals surface area contributed by atoms with Gasteiger partial charge in [0.2, 0.25) is 0 Å². The van der Waals surface area contributed by atoms with Crippen molar-refractivity contribution < 1.29 is 9.59 Å². The van der Waals surface area contributed by atoms with Crippen LogP contribution in [0.1, 0.15) is 39.0 Å². The van der Waals surface area contributed by atoms with Gasteiger partial charge in [0.05, 0.1) is 5.41 Å². The first-order valence-corrected chi connectivity index (χ1v) is 5.38. The number of aldehydes is 1. The first kappa shape index (κ1) is 13.8. The lowest BCUT2D eigenvalue weighted by Crippen LogP contribution is -2.31. The van der Waals surface area contributed by atoms with Crippen LogP contribution < -0.4 is 0 Å². The van der Waals surface area contributed by atoms with Gasteiger partial charge in [-0.2, -0.15) is 0 Å². The van der Waals surface area contributed by atoms with Crippen LogP contribution in [-0.2, 0) is 9.59 Å². The standard InChI is InChI=1S/C13H20O2/c1-4-7-8-12(15)13(11-14,9-5-2)10-6-3/h5-6,11H,2-4,7-10H2,1H3. The summed E-state index contributed by atoms with van der Waals surface area (Å²) in [5, 5.41) is 0. The fraction of sp³-hybridized carbons (Fsp3) is 0.538. The average Bonchev–Trinajstić information content (AvgIpc) is 2.25. The van der Waals surface area contributed by atoms with Crippen molar-refractivity contribution in [3.05, 3.63) is 25.3 Å². The van der Waals surface area contributed by atoms with Crippen LogP contribution in [0.15, 0.2) is 25.3 Å². The zero-order chi connectivity index (χ0) is 11.7. The Morgan fingerprint density at radius 2 is 1.80 bits per heavy atom. The number of hydrogen-bond acceptors (Lipinski definition) is 2. The van der Waals surface area contributed by atoms with Crippen molar-refractivity contribution >= 4 is 12.1 Å². The Balaban J connectivity index is 4.70. The molecule has 0 aliphatic carbocycles. The molecule has 0 saturated heterocycles. The Hall–Kier alpha value is -1.18. The molecule has 0 radical (unpaired) electrons. The van der Waals surface area contributed by atoms with Crippen LogP contribution in [0, 0.1) is 5.41 Å². The highest BCUT2D eigenvalue weighted by Crippen LogP contribution is 2.28. The van der Waals surface area contributed by atoms with Gasteiger partial charge in [-0.1, -0.05) is 25.5 Å². The van der Waals surface area contributed by atoms with Crippen LogP contribution >= 0.6 is 0 Å². The van der Waals surface area contributed by atoms with Gasteiger partial charge in [-0.3, -0.25) is 4.79 Å². The quantitative estimate of drug-likeness (QED) is 0.331. The summed E-state index contributed by atoms with van der Waals surface area (Å²) in [6.45, 7) is 9.21. The molecule has 0 aromatic heterocycles. The normalized spacial score (nSPS) is 10.7. The molecule has 0 heterocycles. The largest absolute Gasteiger partial charge is 0.302 e. The molecule has 0 N–H and O–H groups in total. The summed E-state index contributed by atoms with van der Waals surface area (Å²) in [4.78, 5) is 23.0. The zero-order valence-corrected chi connectivity index (χ0v) is 9.50. The minimum absolute atomic E-state index is 0.0131. The lowest BCUT2D eigenvalue weighted by atomic mass is 9.77. The zero-order valence-electron chi connectivity index (χ0n) is 9.50. The average molecular weight is 208 g/mol. The van der Waals surface area contributed by atoms with E-state index >= 15 is 0 Å². The molecule has 0 rings (SSSR count). The molecule has 0 aliphatic rings. The van der Waals surface area contributed by atoms with E-state index in [0.717, 1.165) is 19.1 Å². The fourth-order valence-corrected chi connectivity index (χ4v) is 1.57. The summed E-state index contributed by atoms with van der Waals surface area (Å²) < 4.78 is 0. The highest BCUT2D eigenvalue weighted by Gasteiger charge is 2.34. The molecule has 0 spiro atoms. The second-order valence-electron chi connectivity index (χ2n) is 3.79. The van der Waals surface area contributed by atoms with Crippen LogP contribution in [0.5, 0.6) is 0 Å². The third-order valence-electron chi connectivity index (χ3n) is 2.56. The predicted molar refractivity (Wildman–Crippen MR) is 62.7 cm³/mol. The third-order valence-corrected chi connectivity index (χ3v) is 2.56. The minimum atomic E-state index is -0.904. The molecule has 2 nitrogen and oxygen atoms in total. The molecule has 0 bridgehead atoms. The summed E-state index contributed by atoms with van der Waals surface area (Å²) in [5.74, 6) is 0.0131. The summed E-state index contributed by atoms with van der Waals surface area (Å²) in [6, 6.07) is 0. The summed E-state index contributed by atoms with van der Waals surface area (Å²) in [7, 11) is 0. The van der Waals surface area contributed by atoms with Gasteiger partial charge in [0.15, 0.2) is 0 Å². The molecule has 0 aliphatic heterocycles. The minimum Gasteiger partial charge on any atom is -0.302 e. The Kier molecular flexibility index (Phi) is 6.59. The lowest BCUT2D eigenvalue weighted by Gasteiger charge is -2.23. The molecule has 0 aromatic carbocycles. The molecule has 0 atom stereocenters.